The van der Waals surface area contributed by atoms with Crippen LogP contribution in [0.5, 0.6) is 0 Å². The first-order chi connectivity index (χ1) is 13.2. The molecule has 0 aliphatic rings. The van der Waals surface area contributed by atoms with Crippen molar-refractivity contribution in [3.05, 3.63) is 60.3 Å². The van der Waals surface area contributed by atoms with Crippen molar-refractivity contribution in [2.24, 2.45) is 0 Å². The summed E-state index contributed by atoms with van der Waals surface area (Å²) in [5.74, 6) is -0.254. The Hall–Kier alpha value is -2.30. The number of fused-ring (bicyclic) bond motifs is 1. The zero-order valence-electron chi connectivity index (χ0n) is 16.9. The van der Waals surface area contributed by atoms with E-state index in [0.717, 1.165) is 48.2 Å². The summed E-state index contributed by atoms with van der Waals surface area (Å²) in [6, 6.07) is 18.4. The van der Waals surface area contributed by atoms with Crippen LogP contribution in [0.15, 0.2) is 54.6 Å². The molecule has 0 bridgehead atoms. The molecule has 0 radical (unpaired) electrons. The molecule has 0 unspecified atom stereocenters. The highest BCUT2D eigenvalue weighted by Gasteiger charge is 2.23. The molecule has 5 heteroatoms. The van der Waals surface area contributed by atoms with Crippen molar-refractivity contribution >= 4 is 29.1 Å². The van der Waals surface area contributed by atoms with Crippen LogP contribution in [0.3, 0.4) is 0 Å². The Bertz CT molecular complexity index is 902. The minimum atomic E-state index is -0.254. The van der Waals surface area contributed by atoms with E-state index in [9.17, 15) is 4.79 Å². The number of ether oxygens (including phenoxy) is 1. The van der Waals surface area contributed by atoms with Crippen molar-refractivity contribution in [1.82, 2.24) is 9.47 Å². The van der Waals surface area contributed by atoms with E-state index in [2.05, 4.69) is 41.5 Å². The van der Waals surface area contributed by atoms with Crippen molar-refractivity contribution in [2.75, 3.05) is 26.2 Å². The molecule has 0 aliphatic heterocycles. The molecule has 0 spiro atoms. The Kier molecular flexibility index (Phi) is 8.09. The second-order valence-corrected chi connectivity index (χ2v) is 6.51. The number of hydrogen-bond donors (Lipinski definition) is 0. The number of benzene rings is 2. The van der Waals surface area contributed by atoms with Crippen LogP contribution in [0.4, 0.5) is 0 Å². The summed E-state index contributed by atoms with van der Waals surface area (Å²) in [4.78, 5) is 15.2. The Morgan fingerprint density at radius 2 is 1.54 bits per heavy atom. The molecule has 3 aromatic rings. The molecular weight excluding hydrogens is 372 g/mol. The Labute approximate surface area is 173 Å². The van der Waals surface area contributed by atoms with Crippen molar-refractivity contribution in [3.8, 4) is 11.3 Å². The van der Waals surface area contributed by atoms with Crippen molar-refractivity contribution in [2.45, 2.75) is 27.3 Å². The Morgan fingerprint density at radius 1 is 0.929 bits per heavy atom. The molecular formula is C23H29ClN2O2. The summed E-state index contributed by atoms with van der Waals surface area (Å²) >= 11 is 0. The normalized spacial score (nSPS) is 10.9. The summed E-state index contributed by atoms with van der Waals surface area (Å²) in [7, 11) is 0. The van der Waals surface area contributed by atoms with Gasteiger partial charge in [-0.15, -0.1) is 12.4 Å². The average Bonchev–Trinajstić information content (AvgIpc) is 3.04. The molecule has 2 aromatic carbocycles. The van der Waals surface area contributed by atoms with Crippen molar-refractivity contribution in [3.63, 3.8) is 0 Å². The lowest BCUT2D eigenvalue weighted by Crippen LogP contribution is -2.28. The summed E-state index contributed by atoms with van der Waals surface area (Å²) in [5.41, 5.74) is 2.85. The molecule has 150 valence electrons. The summed E-state index contributed by atoms with van der Waals surface area (Å²) < 4.78 is 7.56. The third kappa shape index (κ3) is 4.40. The number of carbonyl (C=O) groups is 1. The zero-order valence-corrected chi connectivity index (χ0v) is 17.7. The second kappa shape index (κ2) is 10.3. The van der Waals surface area contributed by atoms with E-state index in [-0.39, 0.29) is 18.4 Å². The molecule has 0 fully saturated rings. The largest absolute Gasteiger partial charge is 0.461 e. The van der Waals surface area contributed by atoms with Gasteiger partial charge in [0, 0.05) is 23.9 Å². The SMILES string of the molecule is CCOC(=O)c1c2ccccc2c(-c2ccccc2)n1CCN(CC)CC.Cl. The summed E-state index contributed by atoms with van der Waals surface area (Å²) in [5, 5.41) is 2.04. The van der Waals surface area contributed by atoms with Crippen molar-refractivity contribution < 1.29 is 9.53 Å². The number of aromatic nitrogens is 1. The fraction of sp³-hybridized carbons (Fsp3) is 0.348. The second-order valence-electron chi connectivity index (χ2n) is 6.51. The first-order valence-electron chi connectivity index (χ1n) is 9.77. The molecule has 0 saturated heterocycles. The van der Waals surface area contributed by atoms with Gasteiger partial charge in [-0.2, -0.15) is 0 Å². The summed E-state index contributed by atoms with van der Waals surface area (Å²) in [6.45, 7) is 10.2. The highest BCUT2D eigenvalue weighted by molar-refractivity contribution is 6.09. The first kappa shape index (κ1) is 22.0. The summed E-state index contributed by atoms with van der Waals surface area (Å²) in [6.07, 6.45) is 0. The van der Waals surface area contributed by atoms with Gasteiger partial charge in [0.25, 0.3) is 0 Å². The molecule has 0 saturated carbocycles. The van der Waals surface area contributed by atoms with Gasteiger partial charge >= 0.3 is 5.97 Å². The van der Waals surface area contributed by atoms with Gasteiger partial charge in [-0.3, -0.25) is 0 Å². The lowest BCUT2D eigenvalue weighted by atomic mass is 10.1. The van der Waals surface area contributed by atoms with E-state index in [4.69, 9.17) is 4.74 Å². The highest BCUT2D eigenvalue weighted by atomic mass is 35.5. The number of hydrogen-bond acceptors (Lipinski definition) is 3. The maximum absolute atomic E-state index is 12.9. The van der Waals surface area contributed by atoms with Crippen LogP contribution >= 0.6 is 12.4 Å². The average molecular weight is 401 g/mol. The molecule has 0 N–H and O–H groups in total. The van der Waals surface area contributed by atoms with Crippen LogP contribution in [0, 0.1) is 0 Å². The van der Waals surface area contributed by atoms with E-state index in [0.29, 0.717) is 12.3 Å². The smallest absolute Gasteiger partial charge is 0.355 e. The minimum Gasteiger partial charge on any atom is -0.461 e. The van der Waals surface area contributed by atoms with Gasteiger partial charge < -0.3 is 14.2 Å². The quantitative estimate of drug-likeness (QED) is 0.484. The van der Waals surface area contributed by atoms with Gasteiger partial charge in [-0.05, 0) is 25.6 Å². The molecule has 3 rings (SSSR count). The first-order valence-corrected chi connectivity index (χ1v) is 9.77. The highest BCUT2D eigenvalue weighted by Crippen LogP contribution is 2.34. The molecule has 28 heavy (non-hydrogen) atoms. The lowest BCUT2D eigenvalue weighted by molar-refractivity contribution is 0.0515. The number of likely N-dealkylation sites (N-methyl/N-ethyl adjacent to an activating group) is 1. The zero-order chi connectivity index (χ0) is 19.2. The van der Waals surface area contributed by atoms with Gasteiger partial charge in [-0.1, -0.05) is 68.4 Å². The Balaban J connectivity index is 0.00000280. The number of carbonyl (C=O) groups excluding carboxylic acids is 1. The minimum absolute atomic E-state index is 0. The standard InChI is InChI=1S/C23H28N2O2.ClH/c1-4-24(5-2)16-17-25-21(18-12-8-7-9-13-18)19-14-10-11-15-20(19)22(25)23(26)27-6-3;/h7-15H,4-6,16-17H2,1-3H3;1H. The molecule has 1 aromatic heterocycles. The van der Waals surface area contributed by atoms with Gasteiger partial charge in [0.1, 0.15) is 5.69 Å². The van der Waals surface area contributed by atoms with E-state index in [1.807, 2.05) is 43.3 Å². The number of rotatable bonds is 8. The predicted octanol–water partition coefficient (Wildman–Crippen LogP) is 5.25. The van der Waals surface area contributed by atoms with Crippen LogP contribution < -0.4 is 0 Å². The Morgan fingerprint density at radius 3 is 2.14 bits per heavy atom. The van der Waals surface area contributed by atoms with Crippen molar-refractivity contribution in [1.29, 1.82) is 0 Å². The van der Waals surface area contributed by atoms with Crippen LogP contribution in [0.2, 0.25) is 0 Å². The topological polar surface area (TPSA) is 34.5 Å². The monoisotopic (exact) mass is 400 g/mol. The number of esters is 1. The van der Waals surface area contributed by atoms with E-state index in [1.54, 1.807) is 0 Å². The molecule has 4 nitrogen and oxygen atoms in total. The van der Waals surface area contributed by atoms with Gasteiger partial charge in [-0.25, -0.2) is 4.79 Å². The maximum Gasteiger partial charge on any atom is 0.355 e. The van der Waals surface area contributed by atoms with Gasteiger partial charge in [0.2, 0.25) is 0 Å². The van der Waals surface area contributed by atoms with Crippen LogP contribution in [0.25, 0.3) is 22.0 Å². The van der Waals surface area contributed by atoms with E-state index in [1.165, 1.54) is 0 Å². The number of halogens is 1. The van der Waals surface area contributed by atoms with Gasteiger partial charge in [0.05, 0.1) is 12.3 Å². The molecule has 0 aliphatic carbocycles. The van der Waals surface area contributed by atoms with E-state index >= 15 is 0 Å². The fourth-order valence-electron chi connectivity index (χ4n) is 3.63. The maximum atomic E-state index is 12.9. The number of nitrogens with zero attached hydrogens (tertiary/aromatic N) is 2. The van der Waals surface area contributed by atoms with Gasteiger partial charge in [0.15, 0.2) is 0 Å². The lowest BCUT2D eigenvalue weighted by Gasteiger charge is -2.20. The third-order valence-electron chi connectivity index (χ3n) is 5.03. The molecule has 0 atom stereocenters. The van der Waals surface area contributed by atoms with Crippen LogP contribution in [-0.4, -0.2) is 41.7 Å². The van der Waals surface area contributed by atoms with E-state index < -0.39 is 0 Å². The molecule has 0 amide bonds. The fourth-order valence-corrected chi connectivity index (χ4v) is 3.63. The molecule has 1 heterocycles. The van der Waals surface area contributed by atoms with Crippen LogP contribution in [0.1, 0.15) is 31.3 Å². The van der Waals surface area contributed by atoms with Crippen LogP contribution in [-0.2, 0) is 11.3 Å². The third-order valence-corrected chi connectivity index (χ3v) is 5.03. The predicted molar refractivity (Wildman–Crippen MR) is 118 cm³/mol.